The molecule has 1 fully saturated rings. The lowest BCUT2D eigenvalue weighted by molar-refractivity contribution is -0.124. The summed E-state index contributed by atoms with van der Waals surface area (Å²) in [6.07, 6.45) is 2.61. The number of anilines is 1. The third-order valence-corrected chi connectivity index (χ3v) is 5.49. The maximum Gasteiger partial charge on any atom is 0.241 e. The van der Waals surface area contributed by atoms with E-state index < -0.39 is 11.4 Å². The van der Waals surface area contributed by atoms with Gasteiger partial charge in [-0.1, -0.05) is 13.8 Å². The van der Waals surface area contributed by atoms with Crippen molar-refractivity contribution in [3.05, 3.63) is 24.3 Å². The molecule has 2 atom stereocenters. The zero-order valence-electron chi connectivity index (χ0n) is 15.1. The van der Waals surface area contributed by atoms with Gasteiger partial charge in [0.25, 0.3) is 0 Å². The van der Waals surface area contributed by atoms with Crippen molar-refractivity contribution in [1.82, 2.24) is 9.62 Å². The van der Waals surface area contributed by atoms with Gasteiger partial charge < -0.3 is 15.2 Å². The van der Waals surface area contributed by atoms with Crippen molar-refractivity contribution in [3.8, 4) is 0 Å². The van der Waals surface area contributed by atoms with Crippen LogP contribution in [0, 0.1) is 5.92 Å². The number of amides is 2. The predicted octanol–water partition coefficient (Wildman–Crippen LogP) is 2.29. The number of carbonyl (C=O) groups excluding carboxylic acids is 2. The Bertz CT molecular complexity index is 592. The van der Waals surface area contributed by atoms with Crippen molar-refractivity contribution < 1.29 is 14.1 Å². The van der Waals surface area contributed by atoms with E-state index in [9.17, 15) is 14.1 Å². The minimum absolute atomic E-state index is 0.0404. The van der Waals surface area contributed by atoms with Crippen LogP contribution in [-0.2, 0) is 21.0 Å². The van der Waals surface area contributed by atoms with Crippen LogP contribution in [0.4, 0.5) is 5.69 Å². The average molecular weight is 365 g/mol. The normalized spacial score (nSPS) is 19.4. The van der Waals surface area contributed by atoms with Crippen LogP contribution >= 0.6 is 0 Å². The van der Waals surface area contributed by atoms with Crippen LogP contribution in [0.2, 0.25) is 0 Å². The lowest BCUT2D eigenvalue weighted by atomic mass is 10.1. The molecule has 0 spiro atoms. The van der Waals surface area contributed by atoms with E-state index in [1.807, 2.05) is 0 Å². The van der Waals surface area contributed by atoms with Gasteiger partial charge in [-0.2, -0.15) is 0 Å². The summed E-state index contributed by atoms with van der Waals surface area (Å²) in [5, 5.41) is 5.62. The zero-order valence-corrected chi connectivity index (χ0v) is 15.9. The lowest BCUT2D eigenvalue weighted by Crippen LogP contribution is -2.49. The predicted molar refractivity (Wildman–Crippen MR) is 99.3 cm³/mol. The molecule has 25 heavy (non-hydrogen) atoms. The van der Waals surface area contributed by atoms with Gasteiger partial charge in [0.05, 0.1) is 11.4 Å². The van der Waals surface area contributed by atoms with Crippen LogP contribution in [0.3, 0.4) is 0 Å². The summed E-state index contributed by atoms with van der Waals surface area (Å²) in [7, 11) is 0. The smallest absolute Gasteiger partial charge is 0.241 e. The Kier molecular flexibility index (Phi) is 7.28. The number of nitrogens with one attached hydrogen (secondary N) is 2. The Labute approximate surface area is 152 Å². The Morgan fingerprint density at radius 3 is 2.64 bits per heavy atom. The molecule has 138 valence electrons. The molecule has 0 bridgehead atoms. The fourth-order valence-electron chi connectivity index (χ4n) is 2.86. The molecule has 2 N–H and O–H groups in total. The summed E-state index contributed by atoms with van der Waals surface area (Å²) in [4.78, 5) is 24.2. The van der Waals surface area contributed by atoms with Crippen LogP contribution in [0.1, 0.15) is 40.0 Å². The first kappa shape index (κ1) is 19.8. The van der Waals surface area contributed by atoms with Crippen LogP contribution in [0.15, 0.2) is 29.2 Å². The van der Waals surface area contributed by atoms with Gasteiger partial charge in [-0.25, -0.2) is 0 Å². The molecule has 6 nitrogen and oxygen atoms in total. The number of nitrogens with zero attached hydrogens (tertiary/aromatic N) is 1. The van der Waals surface area contributed by atoms with E-state index in [1.165, 1.54) is 6.92 Å². The number of hydrogen-bond donors (Lipinski definition) is 2. The Balaban J connectivity index is 2.20. The molecule has 2 rings (SSSR count). The highest BCUT2D eigenvalue weighted by Gasteiger charge is 2.36. The minimum atomic E-state index is -1.43. The van der Waals surface area contributed by atoms with Gasteiger partial charge >= 0.3 is 0 Å². The van der Waals surface area contributed by atoms with E-state index in [1.54, 1.807) is 28.6 Å². The SMILES string of the molecule is CC(=O)Nc1ccc([S+]([O-])N(CC(C)C)[C@H]2CCCCNC2=O)cc1. The Morgan fingerprint density at radius 2 is 2.04 bits per heavy atom. The Morgan fingerprint density at radius 1 is 1.36 bits per heavy atom. The van der Waals surface area contributed by atoms with E-state index >= 15 is 0 Å². The molecule has 1 saturated heterocycles. The van der Waals surface area contributed by atoms with Gasteiger partial charge in [0, 0.05) is 25.7 Å². The molecular weight excluding hydrogens is 338 g/mol. The fourth-order valence-corrected chi connectivity index (χ4v) is 4.37. The third kappa shape index (κ3) is 5.73. The fraction of sp³-hybridized carbons (Fsp3) is 0.556. The van der Waals surface area contributed by atoms with Gasteiger partial charge in [-0.05, 0) is 49.4 Å². The molecule has 7 heteroatoms. The summed E-state index contributed by atoms with van der Waals surface area (Å²) in [6.45, 7) is 6.82. The number of rotatable bonds is 6. The summed E-state index contributed by atoms with van der Waals surface area (Å²) < 4.78 is 14.9. The van der Waals surface area contributed by atoms with E-state index in [0.717, 1.165) is 12.8 Å². The molecule has 0 aromatic heterocycles. The highest BCUT2D eigenvalue weighted by Crippen LogP contribution is 2.24. The first-order chi connectivity index (χ1) is 11.9. The standard InChI is InChI=1S/C18H27N3O3S/c1-13(2)12-21(17-6-4-5-11-19-18(17)23)25(24)16-9-7-15(8-10-16)20-14(3)22/h7-10,13,17H,4-6,11-12H2,1-3H3,(H,19,23)(H,20,22)/t17-,25?/m0/s1. The summed E-state index contributed by atoms with van der Waals surface area (Å²) in [5.74, 6) is 0.102. The van der Waals surface area contributed by atoms with Gasteiger partial charge in [0.15, 0.2) is 4.90 Å². The third-order valence-electron chi connectivity index (χ3n) is 3.99. The molecule has 1 aromatic carbocycles. The monoisotopic (exact) mass is 365 g/mol. The summed E-state index contributed by atoms with van der Waals surface area (Å²) in [5.41, 5.74) is 0.663. The van der Waals surface area contributed by atoms with Crippen LogP contribution in [0.5, 0.6) is 0 Å². The number of carbonyl (C=O) groups is 2. The molecule has 2 amide bonds. The van der Waals surface area contributed by atoms with Crippen molar-refractivity contribution in [2.75, 3.05) is 18.4 Å². The molecule has 0 aliphatic carbocycles. The second-order valence-corrected chi connectivity index (χ2v) is 8.19. The van der Waals surface area contributed by atoms with Gasteiger partial charge in [0.1, 0.15) is 6.04 Å². The van der Waals surface area contributed by atoms with Crippen molar-refractivity contribution in [3.63, 3.8) is 0 Å². The van der Waals surface area contributed by atoms with E-state index in [2.05, 4.69) is 24.5 Å². The van der Waals surface area contributed by atoms with E-state index in [-0.39, 0.29) is 17.9 Å². The zero-order chi connectivity index (χ0) is 18.4. The lowest BCUT2D eigenvalue weighted by Gasteiger charge is -2.31. The first-order valence-electron chi connectivity index (χ1n) is 8.72. The highest BCUT2D eigenvalue weighted by atomic mass is 32.2. The average Bonchev–Trinajstić information content (AvgIpc) is 2.76. The molecule has 1 aromatic rings. The minimum Gasteiger partial charge on any atom is -0.593 e. The quantitative estimate of drug-likeness (QED) is 0.758. The van der Waals surface area contributed by atoms with Crippen LogP contribution in [-0.4, -0.2) is 39.8 Å². The van der Waals surface area contributed by atoms with E-state index in [4.69, 9.17) is 0 Å². The maximum atomic E-state index is 13.1. The van der Waals surface area contributed by atoms with Crippen molar-refractivity contribution >= 4 is 28.9 Å². The highest BCUT2D eigenvalue weighted by molar-refractivity contribution is 7.89. The molecule has 1 aliphatic heterocycles. The molecular formula is C18H27N3O3S. The number of hydrogen-bond acceptors (Lipinski definition) is 4. The first-order valence-corrected chi connectivity index (χ1v) is 9.83. The summed E-state index contributed by atoms with van der Waals surface area (Å²) in [6, 6.07) is 6.57. The molecule has 0 radical (unpaired) electrons. The van der Waals surface area contributed by atoms with Crippen molar-refractivity contribution in [2.45, 2.75) is 51.0 Å². The van der Waals surface area contributed by atoms with Crippen LogP contribution < -0.4 is 10.6 Å². The van der Waals surface area contributed by atoms with E-state index in [0.29, 0.717) is 36.0 Å². The second-order valence-electron chi connectivity index (χ2n) is 6.75. The maximum absolute atomic E-state index is 13.1. The van der Waals surface area contributed by atoms with Gasteiger partial charge in [0.2, 0.25) is 11.8 Å². The molecule has 1 unspecified atom stereocenters. The largest absolute Gasteiger partial charge is 0.593 e. The van der Waals surface area contributed by atoms with Gasteiger partial charge in [-0.3, -0.25) is 9.59 Å². The second kappa shape index (κ2) is 9.22. The Hall–Kier alpha value is -1.57. The molecule has 1 aliphatic rings. The summed E-state index contributed by atoms with van der Waals surface area (Å²) >= 11 is -1.43. The van der Waals surface area contributed by atoms with Gasteiger partial charge in [-0.15, -0.1) is 4.31 Å². The topological polar surface area (TPSA) is 84.5 Å². The molecule has 0 saturated carbocycles. The number of benzene rings is 1. The van der Waals surface area contributed by atoms with Crippen molar-refractivity contribution in [2.24, 2.45) is 5.92 Å². The van der Waals surface area contributed by atoms with Crippen LogP contribution in [0.25, 0.3) is 0 Å². The molecule has 1 heterocycles. The van der Waals surface area contributed by atoms with Crippen molar-refractivity contribution in [1.29, 1.82) is 0 Å².